The number of halogens is 1. The van der Waals surface area contributed by atoms with Gasteiger partial charge in [0.2, 0.25) is 5.90 Å². The minimum Gasteiger partial charge on any atom is -0.497 e. The minimum atomic E-state index is -0.676. The predicted octanol–water partition coefficient (Wildman–Crippen LogP) is 3.61. The molecule has 2 aromatic carbocycles. The molecule has 1 aliphatic heterocycles. The van der Waals surface area contributed by atoms with E-state index in [2.05, 4.69) is 4.99 Å². The average molecular weight is 389 g/mol. The molecular weight excluding hydrogens is 376 g/mol. The molecule has 0 amide bonds. The molecule has 0 atom stereocenters. The molecule has 1 heterocycles. The number of nitro groups is 1. The van der Waals surface area contributed by atoms with Crippen molar-refractivity contribution >= 4 is 35.2 Å². The van der Waals surface area contributed by atoms with Crippen LogP contribution >= 0.6 is 11.6 Å². The normalized spacial score (nSPS) is 14.7. The van der Waals surface area contributed by atoms with Gasteiger partial charge in [0.15, 0.2) is 5.70 Å². The molecular formula is C18H13ClN2O6. The number of methoxy groups -OCH3 is 2. The summed E-state index contributed by atoms with van der Waals surface area (Å²) in [6.45, 7) is 0. The minimum absolute atomic E-state index is 0.0204. The van der Waals surface area contributed by atoms with Crippen LogP contribution in [0.25, 0.3) is 6.08 Å². The van der Waals surface area contributed by atoms with Crippen LogP contribution in [0.4, 0.5) is 5.69 Å². The van der Waals surface area contributed by atoms with Crippen LogP contribution in [0.5, 0.6) is 11.5 Å². The number of ether oxygens (including phenoxy) is 3. The van der Waals surface area contributed by atoms with Crippen molar-refractivity contribution in [1.82, 2.24) is 0 Å². The van der Waals surface area contributed by atoms with Gasteiger partial charge in [0.1, 0.15) is 16.5 Å². The van der Waals surface area contributed by atoms with Gasteiger partial charge in [-0.15, -0.1) is 0 Å². The van der Waals surface area contributed by atoms with Crippen molar-refractivity contribution in [2.75, 3.05) is 14.2 Å². The summed E-state index contributed by atoms with van der Waals surface area (Å²) < 4.78 is 15.5. The standard InChI is InChI=1S/C18H13ClN2O6/c1-25-12-5-10(6-13(9-12)26-2)7-15-18(22)27-17(20-15)11-3-4-14(19)16(8-11)21(23)24/h3-9H,1-2H3/b15-7-. The number of benzene rings is 2. The van der Waals surface area contributed by atoms with E-state index in [0.29, 0.717) is 17.1 Å². The lowest BCUT2D eigenvalue weighted by Crippen LogP contribution is -2.06. The first-order valence-electron chi connectivity index (χ1n) is 7.61. The summed E-state index contributed by atoms with van der Waals surface area (Å²) in [7, 11) is 3.03. The van der Waals surface area contributed by atoms with Crippen molar-refractivity contribution in [2.24, 2.45) is 4.99 Å². The Hall–Kier alpha value is -3.39. The zero-order valence-corrected chi connectivity index (χ0v) is 15.0. The summed E-state index contributed by atoms with van der Waals surface area (Å²) in [5, 5.41) is 11.0. The highest BCUT2D eigenvalue weighted by Gasteiger charge is 2.26. The molecule has 27 heavy (non-hydrogen) atoms. The van der Waals surface area contributed by atoms with Crippen molar-refractivity contribution in [2.45, 2.75) is 0 Å². The van der Waals surface area contributed by atoms with Crippen LogP contribution in [0.1, 0.15) is 11.1 Å². The highest BCUT2D eigenvalue weighted by molar-refractivity contribution is 6.32. The van der Waals surface area contributed by atoms with Crippen molar-refractivity contribution in [3.8, 4) is 11.5 Å². The van der Waals surface area contributed by atoms with Crippen LogP contribution in [0, 0.1) is 10.1 Å². The molecule has 2 aromatic rings. The van der Waals surface area contributed by atoms with E-state index in [1.54, 1.807) is 18.2 Å². The molecule has 0 aliphatic carbocycles. The largest absolute Gasteiger partial charge is 0.497 e. The lowest BCUT2D eigenvalue weighted by molar-refractivity contribution is -0.384. The van der Waals surface area contributed by atoms with Gasteiger partial charge in [-0.25, -0.2) is 9.79 Å². The number of cyclic esters (lactones) is 1. The summed E-state index contributed by atoms with van der Waals surface area (Å²) in [6.07, 6.45) is 1.50. The number of nitrogens with zero attached hydrogens (tertiary/aromatic N) is 2. The molecule has 0 spiro atoms. The number of hydrogen-bond donors (Lipinski definition) is 0. The summed E-state index contributed by atoms with van der Waals surface area (Å²) in [6, 6.07) is 9.12. The smallest absolute Gasteiger partial charge is 0.363 e. The molecule has 0 radical (unpaired) electrons. The second kappa shape index (κ2) is 7.46. The third kappa shape index (κ3) is 3.90. The van der Waals surface area contributed by atoms with E-state index in [-0.39, 0.29) is 27.9 Å². The van der Waals surface area contributed by atoms with Gasteiger partial charge >= 0.3 is 5.97 Å². The second-order valence-corrected chi connectivity index (χ2v) is 5.81. The maximum absolute atomic E-state index is 12.1. The quantitative estimate of drug-likeness (QED) is 0.335. The van der Waals surface area contributed by atoms with Crippen LogP contribution in [0.15, 0.2) is 47.1 Å². The van der Waals surface area contributed by atoms with Crippen molar-refractivity contribution < 1.29 is 23.9 Å². The highest BCUT2D eigenvalue weighted by Crippen LogP contribution is 2.29. The number of esters is 1. The third-order valence-electron chi connectivity index (χ3n) is 3.69. The fraction of sp³-hybridized carbons (Fsp3) is 0.111. The number of hydrogen-bond acceptors (Lipinski definition) is 7. The second-order valence-electron chi connectivity index (χ2n) is 5.41. The zero-order valence-electron chi connectivity index (χ0n) is 14.3. The average Bonchev–Trinajstić information content (AvgIpc) is 3.01. The van der Waals surface area contributed by atoms with Gasteiger partial charge in [0, 0.05) is 17.7 Å². The van der Waals surface area contributed by atoms with E-state index in [9.17, 15) is 14.9 Å². The highest BCUT2D eigenvalue weighted by atomic mass is 35.5. The first kappa shape index (κ1) is 18.4. The van der Waals surface area contributed by atoms with Crippen molar-refractivity contribution in [3.63, 3.8) is 0 Å². The molecule has 8 nitrogen and oxygen atoms in total. The topological polar surface area (TPSA) is 100 Å². The summed E-state index contributed by atoms with van der Waals surface area (Å²) in [4.78, 5) is 26.7. The van der Waals surface area contributed by atoms with Crippen molar-refractivity contribution in [3.05, 3.63) is 68.4 Å². The molecule has 9 heteroatoms. The molecule has 0 aromatic heterocycles. The summed E-state index contributed by atoms with van der Waals surface area (Å²) in [5.74, 6) is 0.375. The fourth-order valence-corrected chi connectivity index (χ4v) is 2.58. The van der Waals surface area contributed by atoms with Crippen LogP contribution in [-0.4, -0.2) is 31.0 Å². The molecule has 0 unspecified atom stereocenters. The predicted molar refractivity (Wildman–Crippen MR) is 98.3 cm³/mol. The van der Waals surface area contributed by atoms with Gasteiger partial charge in [-0.05, 0) is 35.9 Å². The third-order valence-corrected chi connectivity index (χ3v) is 4.01. The maximum atomic E-state index is 12.1. The lowest BCUT2D eigenvalue weighted by Gasteiger charge is -2.05. The first-order valence-corrected chi connectivity index (χ1v) is 7.99. The Balaban J connectivity index is 1.98. The molecule has 138 valence electrons. The van der Waals surface area contributed by atoms with Gasteiger partial charge in [0.25, 0.3) is 5.69 Å². The van der Waals surface area contributed by atoms with Crippen LogP contribution in [0.3, 0.4) is 0 Å². The zero-order chi connectivity index (χ0) is 19.6. The Kier molecular flexibility index (Phi) is 5.09. The van der Waals surface area contributed by atoms with Gasteiger partial charge in [-0.1, -0.05) is 11.6 Å². The molecule has 0 saturated carbocycles. The number of aliphatic imine (C=N–C) groups is 1. The van der Waals surface area contributed by atoms with E-state index >= 15 is 0 Å². The van der Waals surface area contributed by atoms with Crippen LogP contribution in [-0.2, 0) is 9.53 Å². The Morgan fingerprint density at radius 2 is 1.81 bits per heavy atom. The van der Waals surface area contributed by atoms with Crippen LogP contribution in [0.2, 0.25) is 5.02 Å². The number of rotatable bonds is 5. The maximum Gasteiger partial charge on any atom is 0.363 e. The monoisotopic (exact) mass is 388 g/mol. The Labute approximate surface area is 158 Å². The van der Waals surface area contributed by atoms with E-state index in [4.69, 9.17) is 25.8 Å². The Morgan fingerprint density at radius 3 is 2.41 bits per heavy atom. The van der Waals surface area contributed by atoms with Gasteiger partial charge in [-0.2, -0.15) is 0 Å². The van der Waals surface area contributed by atoms with Gasteiger partial charge in [0.05, 0.1) is 19.1 Å². The fourth-order valence-electron chi connectivity index (χ4n) is 2.39. The molecule has 3 rings (SSSR count). The summed E-state index contributed by atoms with van der Waals surface area (Å²) >= 11 is 5.80. The van der Waals surface area contributed by atoms with E-state index in [0.717, 1.165) is 0 Å². The van der Waals surface area contributed by atoms with Crippen molar-refractivity contribution in [1.29, 1.82) is 0 Å². The van der Waals surface area contributed by atoms with E-state index < -0.39 is 10.9 Å². The Bertz CT molecular complexity index is 977. The molecule has 0 N–H and O–H groups in total. The summed E-state index contributed by atoms with van der Waals surface area (Å²) in [5.41, 5.74) is 0.622. The SMILES string of the molecule is COc1cc(/C=C2\N=C(c3ccc(Cl)c([N+](=O)[O-])c3)OC2=O)cc(OC)c1. The lowest BCUT2D eigenvalue weighted by atomic mass is 10.1. The first-order chi connectivity index (χ1) is 12.9. The molecule has 0 bridgehead atoms. The van der Waals surface area contributed by atoms with Gasteiger partial charge < -0.3 is 14.2 Å². The van der Waals surface area contributed by atoms with Gasteiger partial charge in [-0.3, -0.25) is 10.1 Å². The number of nitro benzene ring substituents is 1. The molecule has 1 aliphatic rings. The number of carbonyl (C=O) groups excluding carboxylic acids is 1. The van der Waals surface area contributed by atoms with E-state index in [1.165, 1.54) is 38.5 Å². The van der Waals surface area contributed by atoms with Crippen LogP contribution < -0.4 is 9.47 Å². The molecule has 0 saturated heterocycles. The molecule has 0 fully saturated rings. The Morgan fingerprint density at radius 1 is 1.15 bits per heavy atom. The number of carbonyl (C=O) groups is 1. The van der Waals surface area contributed by atoms with E-state index in [1.807, 2.05) is 0 Å².